The van der Waals surface area contributed by atoms with Crippen molar-refractivity contribution >= 4 is 22.8 Å². The van der Waals surface area contributed by atoms with Crippen molar-refractivity contribution in [1.29, 1.82) is 0 Å². The van der Waals surface area contributed by atoms with Gasteiger partial charge >= 0.3 is 0 Å². The van der Waals surface area contributed by atoms with Crippen molar-refractivity contribution < 1.29 is 4.42 Å². The highest BCUT2D eigenvalue weighted by Gasteiger charge is 2.21. The summed E-state index contributed by atoms with van der Waals surface area (Å²) in [6.07, 6.45) is 0. The predicted molar refractivity (Wildman–Crippen MR) is 55.5 cm³/mol. The first-order valence-corrected chi connectivity index (χ1v) is 4.78. The quantitative estimate of drug-likeness (QED) is 0.627. The molecular weight excluding hydrogens is 200 g/mol. The van der Waals surface area contributed by atoms with Gasteiger partial charge in [-0.3, -0.25) is 0 Å². The van der Waals surface area contributed by atoms with Crippen molar-refractivity contribution in [2.45, 2.75) is 26.2 Å². The fraction of sp³-hybridized carbons (Fsp3) is 0.400. The number of nitrogens with zero attached hydrogens (tertiary/aromatic N) is 2. The lowest BCUT2D eigenvalue weighted by Crippen LogP contribution is -2.10. The number of hydrogen-bond acceptors (Lipinski definition) is 3. The van der Waals surface area contributed by atoms with Gasteiger partial charge in [-0.1, -0.05) is 32.4 Å². The number of hydrogen-bond donors (Lipinski definition) is 0. The van der Waals surface area contributed by atoms with Gasteiger partial charge in [-0.25, -0.2) is 4.98 Å². The third-order valence-electron chi connectivity index (χ3n) is 1.86. The van der Waals surface area contributed by atoms with Crippen LogP contribution in [0.3, 0.4) is 0 Å². The molecule has 0 atom stereocenters. The SMILES string of the molecule is CC(C)(C)c1nc2ccc(Cl)nc2o1. The molecule has 0 N–H and O–H groups in total. The van der Waals surface area contributed by atoms with Crippen LogP contribution in [0.15, 0.2) is 16.5 Å². The zero-order valence-electron chi connectivity index (χ0n) is 8.34. The second-order valence-electron chi connectivity index (χ2n) is 4.23. The maximum atomic E-state index is 5.74. The zero-order chi connectivity index (χ0) is 10.3. The molecular formula is C10H11ClN2O. The maximum absolute atomic E-state index is 5.74. The highest BCUT2D eigenvalue weighted by Crippen LogP contribution is 2.25. The van der Waals surface area contributed by atoms with Crippen LogP contribution in [0.2, 0.25) is 5.15 Å². The van der Waals surface area contributed by atoms with E-state index in [2.05, 4.69) is 9.97 Å². The predicted octanol–water partition coefficient (Wildman–Crippen LogP) is 3.17. The lowest BCUT2D eigenvalue weighted by molar-refractivity contribution is 0.407. The van der Waals surface area contributed by atoms with Crippen molar-refractivity contribution in [2.24, 2.45) is 0 Å². The summed E-state index contributed by atoms with van der Waals surface area (Å²) in [7, 11) is 0. The van der Waals surface area contributed by atoms with Gasteiger partial charge in [0.15, 0.2) is 0 Å². The lowest BCUT2D eigenvalue weighted by atomic mass is 9.97. The number of rotatable bonds is 0. The molecule has 0 radical (unpaired) electrons. The van der Waals surface area contributed by atoms with Crippen LogP contribution in [0.5, 0.6) is 0 Å². The van der Waals surface area contributed by atoms with E-state index in [0.717, 1.165) is 5.52 Å². The van der Waals surface area contributed by atoms with Crippen LogP contribution in [0.4, 0.5) is 0 Å². The summed E-state index contributed by atoms with van der Waals surface area (Å²) in [5.74, 6) is 0.683. The zero-order valence-corrected chi connectivity index (χ0v) is 9.09. The van der Waals surface area contributed by atoms with Crippen LogP contribution >= 0.6 is 11.6 Å². The second-order valence-corrected chi connectivity index (χ2v) is 4.61. The van der Waals surface area contributed by atoms with Crippen LogP contribution in [0.25, 0.3) is 11.2 Å². The Morgan fingerprint density at radius 3 is 2.57 bits per heavy atom. The van der Waals surface area contributed by atoms with Gasteiger partial charge in [0, 0.05) is 5.41 Å². The molecule has 2 aromatic rings. The average molecular weight is 211 g/mol. The van der Waals surface area contributed by atoms with Gasteiger partial charge in [-0.2, -0.15) is 4.98 Å². The number of oxazole rings is 1. The smallest absolute Gasteiger partial charge is 0.248 e. The van der Waals surface area contributed by atoms with Crippen LogP contribution in [-0.4, -0.2) is 9.97 Å². The topological polar surface area (TPSA) is 38.9 Å². The molecule has 0 amide bonds. The van der Waals surface area contributed by atoms with E-state index in [1.165, 1.54) is 0 Å². The van der Waals surface area contributed by atoms with E-state index in [9.17, 15) is 0 Å². The fourth-order valence-electron chi connectivity index (χ4n) is 1.12. The van der Waals surface area contributed by atoms with Crippen molar-refractivity contribution in [1.82, 2.24) is 9.97 Å². The molecule has 0 unspecified atom stereocenters. The van der Waals surface area contributed by atoms with Gasteiger partial charge in [0.25, 0.3) is 0 Å². The molecule has 0 aliphatic rings. The molecule has 14 heavy (non-hydrogen) atoms. The molecule has 3 nitrogen and oxygen atoms in total. The number of aromatic nitrogens is 2. The molecule has 2 rings (SSSR count). The normalized spacial score (nSPS) is 12.3. The standard InChI is InChI=1S/C10H11ClN2O/c1-10(2,3)9-12-6-4-5-7(11)13-8(6)14-9/h4-5H,1-3H3. The number of halogens is 1. The first-order valence-electron chi connectivity index (χ1n) is 4.40. The van der Waals surface area contributed by atoms with E-state index in [-0.39, 0.29) is 5.41 Å². The molecule has 0 aliphatic heterocycles. The van der Waals surface area contributed by atoms with Crippen molar-refractivity contribution in [3.8, 4) is 0 Å². The first-order chi connectivity index (χ1) is 6.47. The third kappa shape index (κ3) is 1.60. The third-order valence-corrected chi connectivity index (χ3v) is 2.07. The molecule has 2 aromatic heterocycles. The maximum Gasteiger partial charge on any atom is 0.248 e. The van der Waals surface area contributed by atoms with Crippen molar-refractivity contribution in [3.63, 3.8) is 0 Å². The Bertz CT molecular complexity index is 470. The Morgan fingerprint density at radius 2 is 1.93 bits per heavy atom. The summed E-state index contributed by atoms with van der Waals surface area (Å²) in [5, 5.41) is 0.425. The van der Waals surface area contributed by atoms with Crippen LogP contribution in [-0.2, 0) is 5.41 Å². The summed E-state index contributed by atoms with van der Waals surface area (Å²) in [6.45, 7) is 6.12. The van der Waals surface area contributed by atoms with Gasteiger partial charge in [0.1, 0.15) is 10.7 Å². The Morgan fingerprint density at radius 1 is 1.21 bits per heavy atom. The minimum Gasteiger partial charge on any atom is -0.422 e. The Kier molecular flexibility index (Phi) is 2.00. The summed E-state index contributed by atoms with van der Waals surface area (Å²) in [4.78, 5) is 8.38. The monoisotopic (exact) mass is 210 g/mol. The summed E-state index contributed by atoms with van der Waals surface area (Å²) in [5.41, 5.74) is 1.15. The van der Waals surface area contributed by atoms with E-state index < -0.39 is 0 Å². The lowest BCUT2D eigenvalue weighted by Gasteiger charge is -2.11. The molecule has 0 saturated heterocycles. The fourth-order valence-corrected chi connectivity index (χ4v) is 1.26. The van der Waals surface area contributed by atoms with E-state index in [1.54, 1.807) is 6.07 Å². The van der Waals surface area contributed by atoms with E-state index in [0.29, 0.717) is 16.8 Å². The van der Waals surface area contributed by atoms with Crippen LogP contribution in [0, 0.1) is 0 Å². The largest absolute Gasteiger partial charge is 0.422 e. The molecule has 0 saturated carbocycles. The van der Waals surface area contributed by atoms with E-state index in [4.69, 9.17) is 16.0 Å². The Labute approximate surface area is 87.1 Å². The highest BCUT2D eigenvalue weighted by atomic mass is 35.5. The van der Waals surface area contributed by atoms with Crippen molar-refractivity contribution in [2.75, 3.05) is 0 Å². The molecule has 74 valence electrons. The summed E-state index contributed by atoms with van der Waals surface area (Å²) < 4.78 is 5.51. The number of pyridine rings is 1. The van der Waals surface area contributed by atoms with Crippen molar-refractivity contribution in [3.05, 3.63) is 23.2 Å². The van der Waals surface area contributed by atoms with Crippen LogP contribution in [0.1, 0.15) is 26.7 Å². The highest BCUT2D eigenvalue weighted by molar-refractivity contribution is 6.29. The first kappa shape index (κ1) is 9.46. The summed E-state index contributed by atoms with van der Waals surface area (Å²) in [6, 6.07) is 3.52. The molecule has 0 aromatic carbocycles. The van der Waals surface area contributed by atoms with Gasteiger partial charge in [0.2, 0.25) is 11.6 Å². The molecule has 0 bridgehead atoms. The minimum atomic E-state index is -0.104. The Hall–Kier alpha value is -1.09. The molecule has 2 heterocycles. The average Bonchev–Trinajstić information content (AvgIpc) is 2.45. The molecule has 0 aliphatic carbocycles. The minimum absolute atomic E-state index is 0.104. The van der Waals surface area contributed by atoms with Crippen LogP contribution < -0.4 is 0 Å². The van der Waals surface area contributed by atoms with Gasteiger partial charge in [-0.05, 0) is 12.1 Å². The molecule has 0 spiro atoms. The molecule has 4 heteroatoms. The van der Waals surface area contributed by atoms with Gasteiger partial charge < -0.3 is 4.42 Å². The number of fused-ring (bicyclic) bond motifs is 1. The molecule has 0 fully saturated rings. The second kappa shape index (κ2) is 2.95. The van der Waals surface area contributed by atoms with Gasteiger partial charge in [-0.15, -0.1) is 0 Å². The van der Waals surface area contributed by atoms with Gasteiger partial charge in [0.05, 0.1) is 0 Å². The van der Waals surface area contributed by atoms with E-state index in [1.807, 2.05) is 26.8 Å². The Balaban J connectivity index is 2.63. The summed E-state index contributed by atoms with van der Waals surface area (Å²) >= 11 is 5.74. The van der Waals surface area contributed by atoms with E-state index >= 15 is 0 Å².